The van der Waals surface area contributed by atoms with Gasteiger partial charge in [0.25, 0.3) is 0 Å². The molecule has 0 unspecified atom stereocenters. The fourth-order valence-electron chi connectivity index (χ4n) is 0.248. The number of carboxylic acid groups (broad SMARTS) is 1. The molecule has 1 aromatic heterocycles. The Hall–Kier alpha value is 0.176. The Morgan fingerprint density at radius 1 is 1.67 bits per heavy atom. The number of nitrogens with zero attached hydrogens (tertiary/aromatic N) is 3. The van der Waals surface area contributed by atoms with E-state index >= 15 is 0 Å². The molecule has 1 heterocycles. The van der Waals surface area contributed by atoms with Crippen LogP contribution in [0.5, 0.6) is 0 Å². The van der Waals surface area contributed by atoms with Crippen molar-refractivity contribution in [3.63, 3.8) is 0 Å². The average molecular weight is 152 g/mol. The van der Waals surface area contributed by atoms with Gasteiger partial charge in [-0.25, -0.2) is 0 Å². The first-order valence-electron chi connectivity index (χ1n) is 1.75. The van der Waals surface area contributed by atoms with Gasteiger partial charge in [0.05, 0.1) is 0 Å². The number of aromatic nitrogens is 4. The molecule has 0 aromatic carbocycles. The molecule has 42 valence electrons. The average Bonchev–Trinajstić information content (AvgIpc) is 2.12. The molecule has 0 saturated carbocycles. The van der Waals surface area contributed by atoms with Gasteiger partial charge >= 0.3 is 51.4 Å². The first kappa shape index (κ1) is 9.18. The van der Waals surface area contributed by atoms with Gasteiger partial charge in [0.2, 0.25) is 5.82 Å². The number of nitrogens with one attached hydrogen (secondary N) is 1. The van der Waals surface area contributed by atoms with Crippen LogP contribution >= 0.6 is 0 Å². The molecule has 0 amide bonds. The molecule has 0 aliphatic rings. The van der Waals surface area contributed by atoms with Crippen LogP contribution < -0.4 is 56.5 Å². The number of H-pyrrole nitrogens is 1. The van der Waals surface area contributed by atoms with E-state index in [-0.39, 0.29) is 51.4 Å². The maximum Gasteiger partial charge on any atom is 1.00 e. The molecule has 0 aliphatic heterocycles. The van der Waals surface area contributed by atoms with Crippen LogP contribution in [0.15, 0.2) is 0 Å². The third-order valence-electron chi connectivity index (χ3n) is 0.528. The minimum Gasteiger partial charge on any atom is -0.541 e. The van der Waals surface area contributed by atoms with Crippen LogP contribution in [0.25, 0.3) is 0 Å². The van der Waals surface area contributed by atoms with Gasteiger partial charge in [0.1, 0.15) is 5.97 Å². The Kier molecular flexibility index (Phi) is 4.15. The van der Waals surface area contributed by atoms with E-state index in [0.29, 0.717) is 0 Å². The maximum atomic E-state index is 9.77. The number of aromatic amines is 1. The van der Waals surface area contributed by atoms with E-state index in [1.165, 1.54) is 0 Å². The third-order valence-corrected chi connectivity index (χ3v) is 0.528. The summed E-state index contributed by atoms with van der Waals surface area (Å²) in [6.07, 6.45) is 0. The molecule has 0 atom stereocenters. The number of carboxylic acids is 1. The van der Waals surface area contributed by atoms with Crippen molar-refractivity contribution in [1.29, 1.82) is 0 Å². The maximum absolute atomic E-state index is 9.77. The third kappa shape index (κ3) is 2.50. The summed E-state index contributed by atoms with van der Waals surface area (Å²) < 4.78 is 0. The number of tetrazole rings is 1. The fraction of sp³-hybridized carbons (Fsp3) is 0. The van der Waals surface area contributed by atoms with Crippen LogP contribution in [0.4, 0.5) is 0 Å². The zero-order valence-corrected chi connectivity index (χ0v) is 7.78. The number of carbonyl (C=O) groups excluding carboxylic acids is 1. The van der Waals surface area contributed by atoms with Crippen molar-refractivity contribution in [2.45, 2.75) is 0 Å². The minimum absolute atomic E-state index is 0. The smallest absolute Gasteiger partial charge is 0.541 e. The van der Waals surface area contributed by atoms with E-state index in [1.807, 2.05) is 5.21 Å². The summed E-state index contributed by atoms with van der Waals surface area (Å²) in [5.74, 6) is -1.86. The van der Waals surface area contributed by atoms with Crippen LogP contribution in [0.1, 0.15) is 10.6 Å². The molecule has 1 rings (SSSR count). The van der Waals surface area contributed by atoms with Gasteiger partial charge in [0, 0.05) is 0 Å². The fourth-order valence-corrected chi connectivity index (χ4v) is 0.248. The molecule has 6 nitrogen and oxygen atoms in total. The first-order chi connectivity index (χ1) is 3.80. The van der Waals surface area contributed by atoms with E-state index in [4.69, 9.17) is 0 Å². The van der Waals surface area contributed by atoms with Crippen LogP contribution in [0.2, 0.25) is 0 Å². The van der Waals surface area contributed by atoms with E-state index in [0.717, 1.165) is 0 Å². The number of hydrogen-bond acceptors (Lipinski definition) is 5. The summed E-state index contributed by atoms with van der Waals surface area (Å²) in [5.41, 5.74) is 0. The van der Waals surface area contributed by atoms with E-state index in [9.17, 15) is 9.90 Å². The van der Waals surface area contributed by atoms with Gasteiger partial charge in [-0.1, -0.05) is 0 Å². The largest absolute Gasteiger partial charge is 1.00 e. The molecule has 1 aromatic rings. The quantitative estimate of drug-likeness (QED) is 0.405. The van der Waals surface area contributed by atoms with Crippen molar-refractivity contribution in [2.24, 2.45) is 0 Å². The number of rotatable bonds is 1. The summed E-state index contributed by atoms with van der Waals surface area (Å²) in [7, 11) is 0. The Labute approximate surface area is 92.4 Å². The van der Waals surface area contributed by atoms with E-state index < -0.39 is 11.8 Å². The van der Waals surface area contributed by atoms with Crippen molar-refractivity contribution in [2.75, 3.05) is 0 Å². The van der Waals surface area contributed by atoms with Gasteiger partial charge in [-0.3, -0.25) is 0 Å². The second-order valence-corrected chi connectivity index (χ2v) is 1.02. The monoisotopic (exact) mass is 152 g/mol. The second-order valence-electron chi connectivity index (χ2n) is 1.02. The summed E-state index contributed by atoms with van der Waals surface area (Å²) in [5, 5.41) is 20.9. The molecule has 9 heavy (non-hydrogen) atoms. The SMILES string of the molecule is O=C([O-])c1nn[nH]n1.[K+]. The van der Waals surface area contributed by atoms with Crippen LogP contribution in [0, 0.1) is 0 Å². The van der Waals surface area contributed by atoms with Crippen molar-refractivity contribution in [3.8, 4) is 0 Å². The Bertz CT molecular complexity index is 184. The molecule has 0 fully saturated rings. The topological polar surface area (TPSA) is 94.6 Å². The molecule has 1 N–H and O–H groups in total. The van der Waals surface area contributed by atoms with Crippen molar-refractivity contribution in [3.05, 3.63) is 5.82 Å². The standard InChI is InChI=1S/C2H2N4O2.K/c7-2(8)1-3-5-6-4-1;/h(H,7,8)(H,3,4,5,6);/q;+1/p-1. The van der Waals surface area contributed by atoms with Crippen molar-refractivity contribution < 1.29 is 61.3 Å². The molecular weight excluding hydrogens is 151 g/mol. The molecule has 0 bridgehead atoms. The van der Waals surface area contributed by atoms with Crippen LogP contribution in [-0.4, -0.2) is 26.6 Å². The van der Waals surface area contributed by atoms with Gasteiger partial charge in [0.15, 0.2) is 0 Å². The normalized spacial score (nSPS) is 8.00. The van der Waals surface area contributed by atoms with Gasteiger partial charge in [-0.2, -0.15) is 5.21 Å². The summed E-state index contributed by atoms with van der Waals surface area (Å²) in [6, 6.07) is 0. The minimum atomic E-state index is -1.43. The predicted octanol–water partition coefficient (Wildman–Crippen LogP) is -5.43. The number of carbonyl (C=O) groups is 1. The second kappa shape index (κ2) is 4.07. The number of aromatic carboxylic acids is 1. The zero-order chi connectivity index (χ0) is 5.98. The van der Waals surface area contributed by atoms with Crippen LogP contribution in [-0.2, 0) is 0 Å². The molecule has 0 saturated heterocycles. The van der Waals surface area contributed by atoms with Gasteiger partial charge < -0.3 is 9.90 Å². The summed E-state index contributed by atoms with van der Waals surface area (Å²) >= 11 is 0. The molecule has 0 aliphatic carbocycles. The predicted molar refractivity (Wildman–Crippen MR) is 18.5 cm³/mol. The van der Waals surface area contributed by atoms with Crippen molar-refractivity contribution >= 4 is 5.97 Å². The van der Waals surface area contributed by atoms with Crippen LogP contribution in [0.3, 0.4) is 0 Å². The first-order valence-corrected chi connectivity index (χ1v) is 1.75. The molecule has 0 radical (unpaired) electrons. The van der Waals surface area contributed by atoms with Gasteiger partial charge in [-0.05, 0) is 5.21 Å². The Balaban J connectivity index is 0.000000640. The molecular formula is C2HKN4O2. The Morgan fingerprint density at radius 2 is 2.33 bits per heavy atom. The molecule has 0 spiro atoms. The van der Waals surface area contributed by atoms with E-state index in [2.05, 4.69) is 15.4 Å². The molecule has 7 heteroatoms. The summed E-state index contributed by atoms with van der Waals surface area (Å²) in [4.78, 5) is 9.77. The van der Waals surface area contributed by atoms with Gasteiger partial charge in [-0.15, -0.1) is 10.2 Å². The van der Waals surface area contributed by atoms with Crippen molar-refractivity contribution in [1.82, 2.24) is 20.6 Å². The van der Waals surface area contributed by atoms with E-state index in [1.54, 1.807) is 0 Å². The zero-order valence-electron chi connectivity index (χ0n) is 4.66. The Morgan fingerprint density at radius 3 is 2.56 bits per heavy atom. The summed E-state index contributed by atoms with van der Waals surface area (Å²) in [6.45, 7) is 0. The number of hydrogen-bond donors (Lipinski definition) is 1.